The molecule has 0 aliphatic rings. The van der Waals surface area contributed by atoms with Crippen molar-refractivity contribution in [3.63, 3.8) is 0 Å². The number of pyridine rings is 1. The number of nitrogens with two attached hydrogens (primary N) is 1. The highest BCUT2D eigenvalue weighted by Crippen LogP contribution is 2.18. The van der Waals surface area contributed by atoms with Gasteiger partial charge in [0.2, 0.25) is 5.88 Å². The number of ether oxygens (including phenoxy) is 1. The van der Waals surface area contributed by atoms with Gasteiger partial charge in [0.15, 0.2) is 5.82 Å². The van der Waals surface area contributed by atoms with Gasteiger partial charge in [0, 0.05) is 12.3 Å². The van der Waals surface area contributed by atoms with Crippen molar-refractivity contribution in [2.45, 2.75) is 0 Å². The number of hydrogen-bond acceptors (Lipinski definition) is 5. The highest BCUT2D eigenvalue weighted by Gasteiger charge is 2.06. The Morgan fingerprint density at radius 3 is 2.81 bits per heavy atom. The summed E-state index contributed by atoms with van der Waals surface area (Å²) in [5.41, 5.74) is 6.35. The third kappa shape index (κ3) is 2.21. The molecule has 0 aliphatic carbocycles. The lowest BCUT2D eigenvalue weighted by atomic mass is 10.3. The van der Waals surface area contributed by atoms with Gasteiger partial charge in [-0.1, -0.05) is 6.07 Å². The molecule has 0 fully saturated rings. The van der Waals surface area contributed by atoms with Crippen LogP contribution in [0.4, 0.5) is 5.82 Å². The van der Waals surface area contributed by atoms with Crippen molar-refractivity contribution < 1.29 is 4.74 Å². The Labute approximate surface area is 106 Å². The maximum atomic E-state index is 5.71. The molecule has 16 heavy (non-hydrogen) atoms. The first-order valence-corrected chi connectivity index (χ1v) is 5.58. The highest BCUT2D eigenvalue weighted by molar-refractivity contribution is 14.1. The van der Waals surface area contributed by atoms with Crippen LogP contribution in [-0.4, -0.2) is 22.1 Å². The van der Waals surface area contributed by atoms with Gasteiger partial charge in [-0.25, -0.2) is 15.0 Å². The minimum Gasteiger partial charge on any atom is -0.481 e. The monoisotopic (exact) mass is 328 g/mol. The average Bonchev–Trinajstić information content (AvgIpc) is 2.33. The van der Waals surface area contributed by atoms with E-state index in [9.17, 15) is 0 Å². The van der Waals surface area contributed by atoms with Crippen LogP contribution in [0.2, 0.25) is 0 Å². The third-order valence-electron chi connectivity index (χ3n) is 1.93. The van der Waals surface area contributed by atoms with Crippen molar-refractivity contribution in [3.8, 4) is 17.4 Å². The van der Waals surface area contributed by atoms with Gasteiger partial charge < -0.3 is 10.5 Å². The van der Waals surface area contributed by atoms with Crippen LogP contribution < -0.4 is 10.5 Å². The second-order valence-corrected chi connectivity index (χ2v) is 4.15. The molecule has 2 rings (SSSR count). The Hall–Kier alpha value is -1.44. The second-order valence-electron chi connectivity index (χ2n) is 2.99. The molecule has 2 N–H and O–H groups in total. The van der Waals surface area contributed by atoms with Crippen molar-refractivity contribution in [2.24, 2.45) is 0 Å². The zero-order valence-corrected chi connectivity index (χ0v) is 10.7. The summed E-state index contributed by atoms with van der Waals surface area (Å²) in [6.07, 6.45) is 1.67. The number of hydrogen-bond donors (Lipinski definition) is 1. The smallest absolute Gasteiger partial charge is 0.213 e. The quantitative estimate of drug-likeness (QED) is 0.850. The minimum absolute atomic E-state index is 0.454. The molecule has 82 valence electrons. The van der Waals surface area contributed by atoms with Gasteiger partial charge >= 0.3 is 0 Å². The van der Waals surface area contributed by atoms with Crippen molar-refractivity contribution >= 4 is 28.4 Å². The van der Waals surface area contributed by atoms with E-state index in [1.165, 1.54) is 0 Å². The van der Waals surface area contributed by atoms with E-state index in [0.29, 0.717) is 23.2 Å². The molecule has 6 heteroatoms. The Bertz CT molecular complexity index is 518. The highest BCUT2D eigenvalue weighted by atomic mass is 127. The van der Waals surface area contributed by atoms with Crippen LogP contribution >= 0.6 is 22.6 Å². The molecule has 0 atom stereocenters. The molecular formula is C10H9IN4O. The largest absolute Gasteiger partial charge is 0.481 e. The zero-order chi connectivity index (χ0) is 11.5. The number of methoxy groups -OCH3 is 1. The summed E-state index contributed by atoms with van der Waals surface area (Å²) in [5.74, 6) is 1.48. The van der Waals surface area contributed by atoms with Crippen LogP contribution in [0.3, 0.4) is 0 Å². The van der Waals surface area contributed by atoms with Gasteiger partial charge in [-0.2, -0.15) is 0 Å². The van der Waals surface area contributed by atoms with Crippen LogP contribution in [0.25, 0.3) is 11.5 Å². The van der Waals surface area contributed by atoms with E-state index in [-0.39, 0.29) is 0 Å². The minimum atomic E-state index is 0.454. The fraction of sp³-hybridized carbons (Fsp3) is 0.100. The lowest BCUT2D eigenvalue weighted by molar-refractivity contribution is 0.398. The van der Waals surface area contributed by atoms with Gasteiger partial charge in [0.05, 0.1) is 10.7 Å². The van der Waals surface area contributed by atoms with Gasteiger partial charge in [-0.3, -0.25) is 0 Å². The number of nitrogen functional groups attached to an aromatic ring is 1. The molecule has 0 radical (unpaired) electrons. The Morgan fingerprint density at radius 1 is 1.31 bits per heavy atom. The van der Waals surface area contributed by atoms with Crippen molar-refractivity contribution in [1.82, 2.24) is 15.0 Å². The Balaban J connectivity index is 2.46. The molecule has 0 bridgehead atoms. The second kappa shape index (κ2) is 4.60. The van der Waals surface area contributed by atoms with E-state index in [2.05, 4.69) is 37.5 Å². The van der Waals surface area contributed by atoms with E-state index in [0.717, 1.165) is 3.57 Å². The van der Waals surface area contributed by atoms with Crippen molar-refractivity contribution in [3.05, 3.63) is 28.0 Å². The summed E-state index contributed by atoms with van der Waals surface area (Å²) >= 11 is 2.08. The molecule has 0 aromatic carbocycles. The number of halogens is 1. The molecule has 0 unspecified atom stereocenters. The molecule has 5 nitrogen and oxygen atoms in total. The molecule has 2 aromatic rings. The fourth-order valence-electron chi connectivity index (χ4n) is 1.16. The maximum absolute atomic E-state index is 5.71. The van der Waals surface area contributed by atoms with E-state index in [1.54, 1.807) is 19.4 Å². The van der Waals surface area contributed by atoms with Crippen LogP contribution in [0.5, 0.6) is 5.88 Å². The lowest BCUT2D eigenvalue weighted by Crippen LogP contribution is -1.99. The van der Waals surface area contributed by atoms with E-state index in [4.69, 9.17) is 10.5 Å². The van der Waals surface area contributed by atoms with Gasteiger partial charge in [-0.05, 0) is 28.7 Å². The van der Waals surface area contributed by atoms with Crippen LogP contribution in [0, 0.1) is 3.57 Å². The molecule has 0 saturated heterocycles. The van der Waals surface area contributed by atoms with Crippen molar-refractivity contribution in [2.75, 3.05) is 12.8 Å². The molecule has 2 aromatic heterocycles. The first-order chi connectivity index (χ1) is 7.70. The van der Waals surface area contributed by atoms with Gasteiger partial charge in [0.1, 0.15) is 11.5 Å². The Morgan fingerprint density at radius 2 is 2.12 bits per heavy atom. The van der Waals surface area contributed by atoms with E-state index in [1.807, 2.05) is 12.1 Å². The topological polar surface area (TPSA) is 73.9 Å². The summed E-state index contributed by atoms with van der Waals surface area (Å²) in [5, 5.41) is 0. The number of nitrogens with zero attached hydrogens (tertiary/aromatic N) is 3. The van der Waals surface area contributed by atoms with Gasteiger partial charge in [0.25, 0.3) is 0 Å². The summed E-state index contributed by atoms with van der Waals surface area (Å²) in [4.78, 5) is 12.6. The maximum Gasteiger partial charge on any atom is 0.213 e. The lowest BCUT2D eigenvalue weighted by Gasteiger charge is -2.03. The predicted octanol–water partition coefficient (Wildman–Crippen LogP) is 1.73. The van der Waals surface area contributed by atoms with Crippen LogP contribution in [0.1, 0.15) is 0 Å². The molecule has 0 saturated carbocycles. The van der Waals surface area contributed by atoms with E-state index >= 15 is 0 Å². The van der Waals surface area contributed by atoms with Crippen molar-refractivity contribution in [1.29, 1.82) is 0 Å². The summed E-state index contributed by atoms with van der Waals surface area (Å²) in [6.45, 7) is 0. The molecular weight excluding hydrogens is 319 g/mol. The normalized spacial score (nSPS) is 10.1. The predicted molar refractivity (Wildman–Crippen MR) is 68.9 cm³/mol. The number of anilines is 1. The van der Waals surface area contributed by atoms with Gasteiger partial charge in [-0.15, -0.1) is 0 Å². The summed E-state index contributed by atoms with van der Waals surface area (Å²) in [7, 11) is 1.56. The standard InChI is InChI=1S/C10H9IN4O/c1-16-8-4-2-3-7(14-8)10-13-5-6(11)9(12)15-10/h2-5H,1H3,(H2,12,13,15). The van der Waals surface area contributed by atoms with Crippen LogP contribution in [0.15, 0.2) is 24.4 Å². The first-order valence-electron chi connectivity index (χ1n) is 4.50. The summed E-state index contributed by atoms with van der Waals surface area (Å²) < 4.78 is 5.85. The molecule has 0 spiro atoms. The van der Waals surface area contributed by atoms with Crippen LogP contribution in [-0.2, 0) is 0 Å². The fourth-order valence-corrected chi connectivity index (χ4v) is 1.42. The Kier molecular flexibility index (Phi) is 3.18. The molecule has 0 aliphatic heterocycles. The first kappa shape index (κ1) is 11.1. The summed E-state index contributed by atoms with van der Waals surface area (Å²) in [6, 6.07) is 5.41. The number of aromatic nitrogens is 3. The molecule has 0 amide bonds. The third-order valence-corrected chi connectivity index (χ3v) is 2.76. The van der Waals surface area contributed by atoms with E-state index < -0.39 is 0 Å². The molecule has 2 heterocycles. The average molecular weight is 328 g/mol. The zero-order valence-electron chi connectivity index (χ0n) is 8.51. The number of rotatable bonds is 2. The SMILES string of the molecule is COc1cccc(-c2ncc(I)c(N)n2)n1.